The Balaban J connectivity index is 0.000000314. The molecule has 3 aromatic rings. The Morgan fingerprint density at radius 1 is 0.440 bits per heavy atom. The predicted molar refractivity (Wildman–Crippen MR) is 110 cm³/mol. The van der Waals surface area contributed by atoms with Crippen molar-refractivity contribution in [2.24, 2.45) is 0 Å². The molecule has 25 heavy (non-hydrogen) atoms. The van der Waals surface area contributed by atoms with Crippen molar-refractivity contribution in [3.8, 4) is 0 Å². The second kappa shape index (κ2) is 16.0. The van der Waals surface area contributed by atoms with Crippen LogP contribution < -0.4 is 17.2 Å². The molecule has 0 fully saturated rings. The zero-order chi connectivity index (χ0) is 18.9. The van der Waals surface area contributed by atoms with Crippen LogP contribution in [0.4, 0.5) is 17.1 Å². The van der Waals surface area contributed by atoms with Crippen LogP contribution in [-0.2, 0) is 11.4 Å². The molecule has 3 aromatic carbocycles. The summed E-state index contributed by atoms with van der Waals surface area (Å²) in [7, 11) is 14.8. The molecule has 0 saturated heterocycles. The summed E-state index contributed by atoms with van der Waals surface area (Å²) < 4.78 is 0. The molecule has 135 valence electrons. The molecule has 0 atom stereocenters. The number of para-hydroxylation sites is 3. The van der Waals surface area contributed by atoms with E-state index in [9.17, 15) is 0 Å². The third kappa shape index (κ3) is 18.6. The SMILES string of the molecule is Nc1ccccc1.Nc1ccccc1.Nc1ccccc1.[Cl][Cr]([Cl])[Cl]. The molecule has 3 rings (SSSR count). The van der Waals surface area contributed by atoms with E-state index in [1.165, 1.54) is 0 Å². The average molecular weight is 438 g/mol. The van der Waals surface area contributed by atoms with E-state index in [4.69, 9.17) is 47.3 Å². The van der Waals surface area contributed by atoms with Crippen LogP contribution in [0.3, 0.4) is 0 Å². The van der Waals surface area contributed by atoms with E-state index < -0.39 is 11.4 Å². The van der Waals surface area contributed by atoms with Crippen LogP contribution in [0.1, 0.15) is 0 Å². The van der Waals surface area contributed by atoms with Crippen molar-refractivity contribution in [1.29, 1.82) is 0 Å². The van der Waals surface area contributed by atoms with E-state index in [0.29, 0.717) is 0 Å². The fourth-order valence-electron chi connectivity index (χ4n) is 1.36. The van der Waals surface area contributed by atoms with Crippen LogP contribution in [0.5, 0.6) is 0 Å². The molecule has 7 heteroatoms. The van der Waals surface area contributed by atoms with Crippen molar-refractivity contribution < 1.29 is 11.4 Å². The molecule has 0 amide bonds. The summed E-state index contributed by atoms with van der Waals surface area (Å²) in [6, 6.07) is 28.5. The van der Waals surface area contributed by atoms with Crippen molar-refractivity contribution in [1.82, 2.24) is 0 Å². The van der Waals surface area contributed by atoms with Gasteiger partial charge in [-0.1, -0.05) is 54.6 Å². The number of halogens is 3. The van der Waals surface area contributed by atoms with Crippen molar-refractivity contribution >= 4 is 47.2 Å². The van der Waals surface area contributed by atoms with Gasteiger partial charge >= 0.3 is 41.5 Å². The van der Waals surface area contributed by atoms with Crippen LogP contribution in [0, 0.1) is 0 Å². The molecule has 0 aliphatic heterocycles. The molecule has 0 radical (unpaired) electrons. The fourth-order valence-corrected chi connectivity index (χ4v) is 1.36. The van der Waals surface area contributed by atoms with Gasteiger partial charge in [-0.15, -0.1) is 0 Å². The number of benzene rings is 3. The van der Waals surface area contributed by atoms with E-state index in [2.05, 4.69) is 0 Å². The quantitative estimate of drug-likeness (QED) is 0.385. The number of anilines is 3. The van der Waals surface area contributed by atoms with Crippen molar-refractivity contribution in [2.75, 3.05) is 17.2 Å². The molecule has 6 N–H and O–H groups in total. The van der Waals surface area contributed by atoms with Gasteiger partial charge in [0, 0.05) is 17.1 Å². The molecule has 0 saturated carbocycles. The first-order valence-electron chi connectivity index (χ1n) is 7.06. The fraction of sp³-hybridized carbons (Fsp3) is 0. The van der Waals surface area contributed by atoms with Gasteiger partial charge in [0.15, 0.2) is 0 Å². The molecular formula is C18H21Cl3CrN3. The first-order valence-corrected chi connectivity index (χ1v) is 12.3. The van der Waals surface area contributed by atoms with E-state index in [1.807, 2.05) is 91.0 Å². The molecule has 0 aliphatic carbocycles. The summed E-state index contributed by atoms with van der Waals surface area (Å²) in [5.74, 6) is 0. The van der Waals surface area contributed by atoms with Gasteiger partial charge in [0.25, 0.3) is 0 Å². The van der Waals surface area contributed by atoms with Crippen LogP contribution in [0.25, 0.3) is 0 Å². The topological polar surface area (TPSA) is 78.1 Å². The second-order valence-corrected chi connectivity index (χ2v) is 10.7. The Bertz CT molecular complexity index is 550. The summed E-state index contributed by atoms with van der Waals surface area (Å²) >= 11 is -1.62. The average Bonchev–Trinajstić information content (AvgIpc) is 2.58. The second-order valence-electron chi connectivity index (χ2n) is 4.41. The van der Waals surface area contributed by atoms with Gasteiger partial charge in [0.05, 0.1) is 0 Å². The number of hydrogen-bond donors (Lipinski definition) is 3. The van der Waals surface area contributed by atoms with Crippen LogP contribution in [0.15, 0.2) is 91.0 Å². The number of rotatable bonds is 0. The van der Waals surface area contributed by atoms with E-state index in [1.54, 1.807) is 0 Å². The number of nitrogens with two attached hydrogens (primary N) is 3. The summed E-state index contributed by atoms with van der Waals surface area (Å²) in [6.45, 7) is 0. The van der Waals surface area contributed by atoms with Gasteiger partial charge in [-0.25, -0.2) is 0 Å². The standard InChI is InChI=1S/3C6H7N.3ClH.Cr/c3*7-6-4-2-1-3-5-6;;;;/h3*1-5H,7H2;3*1H;/q;;;;;;+3/p-3. The minimum absolute atomic E-state index is 0.822. The first-order chi connectivity index (χ1) is 11.9. The summed E-state index contributed by atoms with van der Waals surface area (Å²) in [5.41, 5.74) is 18.5. The summed E-state index contributed by atoms with van der Waals surface area (Å²) in [6.07, 6.45) is 0. The maximum absolute atomic E-state index is 5.36. The molecule has 0 unspecified atom stereocenters. The van der Waals surface area contributed by atoms with Gasteiger partial charge in [-0.05, 0) is 36.4 Å². The molecule has 3 nitrogen and oxygen atoms in total. The Labute approximate surface area is 166 Å². The van der Waals surface area contributed by atoms with Crippen LogP contribution >= 0.6 is 30.1 Å². The molecule has 0 aromatic heterocycles. The van der Waals surface area contributed by atoms with E-state index >= 15 is 0 Å². The Hall–Kier alpha value is -1.54. The van der Waals surface area contributed by atoms with Gasteiger partial charge in [-0.2, -0.15) is 0 Å². The normalized spacial score (nSPS) is 8.64. The van der Waals surface area contributed by atoms with Crippen LogP contribution in [0.2, 0.25) is 0 Å². The summed E-state index contributed by atoms with van der Waals surface area (Å²) in [5, 5.41) is 0. The summed E-state index contributed by atoms with van der Waals surface area (Å²) in [4.78, 5) is 0. The van der Waals surface area contributed by atoms with E-state index in [-0.39, 0.29) is 0 Å². The monoisotopic (exact) mass is 436 g/mol. The zero-order valence-corrected chi connectivity index (χ0v) is 17.0. The molecule has 0 bridgehead atoms. The first kappa shape index (κ1) is 23.5. The van der Waals surface area contributed by atoms with Crippen LogP contribution in [-0.4, -0.2) is 0 Å². The van der Waals surface area contributed by atoms with Crippen molar-refractivity contribution in [2.45, 2.75) is 0 Å². The third-order valence-corrected chi connectivity index (χ3v) is 2.40. The van der Waals surface area contributed by atoms with Gasteiger partial charge in [-0.3, -0.25) is 0 Å². The predicted octanol–water partition coefficient (Wildman–Crippen LogP) is 5.87. The maximum atomic E-state index is 5.36. The molecule has 0 heterocycles. The molecular weight excluding hydrogens is 417 g/mol. The molecule has 0 spiro atoms. The number of nitrogen functional groups attached to an aromatic ring is 3. The number of hydrogen-bond acceptors (Lipinski definition) is 3. The van der Waals surface area contributed by atoms with Crippen molar-refractivity contribution in [3.63, 3.8) is 0 Å². The van der Waals surface area contributed by atoms with Gasteiger partial charge < -0.3 is 17.2 Å². The Morgan fingerprint density at radius 3 is 0.680 bits per heavy atom. The van der Waals surface area contributed by atoms with Gasteiger partial charge in [0.2, 0.25) is 0 Å². The molecule has 0 aliphatic rings. The third-order valence-electron chi connectivity index (χ3n) is 2.40. The van der Waals surface area contributed by atoms with E-state index in [0.717, 1.165) is 17.1 Å². The van der Waals surface area contributed by atoms with Gasteiger partial charge in [0.1, 0.15) is 0 Å². The Kier molecular flexibility index (Phi) is 15.0. The zero-order valence-electron chi connectivity index (χ0n) is 13.4. The minimum atomic E-state index is -1.62. The Morgan fingerprint density at radius 2 is 0.600 bits per heavy atom. The van der Waals surface area contributed by atoms with Crippen molar-refractivity contribution in [3.05, 3.63) is 91.0 Å².